The molecule has 0 aliphatic carbocycles. The van der Waals surface area contributed by atoms with Crippen molar-refractivity contribution in [1.29, 1.82) is 0 Å². The van der Waals surface area contributed by atoms with Gasteiger partial charge in [-0.05, 0) is 25.8 Å². The quantitative estimate of drug-likeness (QED) is 0.822. The second-order valence-corrected chi connectivity index (χ2v) is 6.05. The molecule has 0 bridgehead atoms. The molecule has 2 aliphatic heterocycles. The largest absolute Gasteiger partial charge is 0.298 e. The minimum absolute atomic E-state index is 0.553. The van der Waals surface area contributed by atoms with Crippen LogP contribution < -0.4 is 0 Å². The van der Waals surface area contributed by atoms with Crippen LogP contribution in [0, 0.1) is 0 Å². The molecule has 0 saturated carbocycles. The van der Waals surface area contributed by atoms with Gasteiger partial charge in [-0.2, -0.15) is 0 Å². The fourth-order valence-corrected chi connectivity index (χ4v) is 4.14. The van der Waals surface area contributed by atoms with Crippen molar-refractivity contribution in [3.63, 3.8) is 0 Å². The van der Waals surface area contributed by atoms with Gasteiger partial charge in [-0.1, -0.05) is 6.92 Å². The van der Waals surface area contributed by atoms with E-state index < -0.39 is 0 Å². The molecule has 0 radical (unpaired) electrons. The van der Waals surface area contributed by atoms with E-state index in [-0.39, 0.29) is 0 Å². The van der Waals surface area contributed by atoms with Gasteiger partial charge in [0.05, 0.1) is 6.04 Å². The Bertz CT molecular complexity index is 352. The van der Waals surface area contributed by atoms with Gasteiger partial charge in [0.25, 0.3) is 0 Å². The van der Waals surface area contributed by atoms with Crippen LogP contribution in [-0.4, -0.2) is 47.0 Å². The third kappa shape index (κ3) is 2.26. The summed E-state index contributed by atoms with van der Waals surface area (Å²) in [5.41, 5.74) is 0. The summed E-state index contributed by atoms with van der Waals surface area (Å²) in [5, 5.41) is 3.41. The molecule has 1 aromatic rings. The molecule has 0 N–H and O–H groups in total. The molecular formula is C13H21N3S. The van der Waals surface area contributed by atoms with Gasteiger partial charge in [0.15, 0.2) is 0 Å². The molecule has 0 spiro atoms. The SMILES string of the molecule is CCC(c1nccs1)N1CCN2CCCC2C1. The molecule has 2 saturated heterocycles. The highest BCUT2D eigenvalue weighted by Gasteiger charge is 2.33. The summed E-state index contributed by atoms with van der Waals surface area (Å²) in [5.74, 6) is 0. The topological polar surface area (TPSA) is 19.4 Å². The number of aromatic nitrogens is 1. The molecule has 4 heteroatoms. The summed E-state index contributed by atoms with van der Waals surface area (Å²) in [4.78, 5) is 9.84. The fourth-order valence-electron chi connectivity index (χ4n) is 3.29. The molecule has 2 atom stereocenters. The zero-order chi connectivity index (χ0) is 11.7. The van der Waals surface area contributed by atoms with E-state index in [0.717, 1.165) is 6.04 Å². The Balaban J connectivity index is 1.71. The van der Waals surface area contributed by atoms with Crippen LogP contribution in [0.3, 0.4) is 0 Å². The number of piperazine rings is 1. The van der Waals surface area contributed by atoms with Gasteiger partial charge in [-0.3, -0.25) is 9.80 Å². The Kier molecular flexibility index (Phi) is 3.45. The first-order valence-electron chi connectivity index (χ1n) is 6.76. The van der Waals surface area contributed by atoms with E-state index in [0.29, 0.717) is 6.04 Å². The van der Waals surface area contributed by atoms with E-state index in [2.05, 4.69) is 27.1 Å². The molecule has 0 amide bonds. The van der Waals surface area contributed by atoms with Crippen LogP contribution in [0.15, 0.2) is 11.6 Å². The van der Waals surface area contributed by atoms with E-state index >= 15 is 0 Å². The number of hydrogen-bond acceptors (Lipinski definition) is 4. The van der Waals surface area contributed by atoms with Crippen LogP contribution in [0.4, 0.5) is 0 Å². The highest BCUT2D eigenvalue weighted by molar-refractivity contribution is 7.09. The van der Waals surface area contributed by atoms with Gasteiger partial charge in [-0.25, -0.2) is 4.98 Å². The number of thiazole rings is 1. The summed E-state index contributed by atoms with van der Waals surface area (Å²) in [6.45, 7) is 7.33. The minimum atomic E-state index is 0.553. The zero-order valence-corrected chi connectivity index (χ0v) is 11.3. The summed E-state index contributed by atoms with van der Waals surface area (Å²) >= 11 is 1.81. The number of hydrogen-bond donors (Lipinski definition) is 0. The summed E-state index contributed by atoms with van der Waals surface area (Å²) < 4.78 is 0. The third-order valence-electron chi connectivity index (χ3n) is 4.18. The lowest BCUT2D eigenvalue weighted by Crippen LogP contribution is -2.50. The van der Waals surface area contributed by atoms with E-state index in [1.807, 2.05) is 17.5 Å². The van der Waals surface area contributed by atoms with E-state index in [1.165, 1.54) is 50.4 Å². The van der Waals surface area contributed by atoms with Crippen molar-refractivity contribution in [3.8, 4) is 0 Å². The monoisotopic (exact) mass is 251 g/mol. The molecule has 17 heavy (non-hydrogen) atoms. The predicted molar refractivity (Wildman–Crippen MR) is 71.3 cm³/mol. The van der Waals surface area contributed by atoms with Gasteiger partial charge in [0, 0.05) is 37.3 Å². The second-order valence-electron chi connectivity index (χ2n) is 5.12. The first-order chi connectivity index (χ1) is 8.38. The maximum absolute atomic E-state index is 4.51. The molecule has 3 nitrogen and oxygen atoms in total. The standard InChI is InChI=1S/C13H21N3S/c1-2-12(13-14-5-9-17-13)16-8-7-15-6-3-4-11(15)10-16/h5,9,11-12H,2-4,6-8,10H2,1H3. The van der Waals surface area contributed by atoms with Crippen molar-refractivity contribution in [2.45, 2.75) is 38.3 Å². The maximum Gasteiger partial charge on any atom is 0.110 e. The first-order valence-corrected chi connectivity index (χ1v) is 7.64. The average Bonchev–Trinajstić information content (AvgIpc) is 2.99. The molecule has 0 aromatic carbocycles. The van der Waals surface area contributed by atoms with Gasteiger partial charge in [0.2, 0.25) is 0 Å². The molecule has 94 valence electrons. The first kappa shape index (κ1) is 11.6. The van der Waals surface area contributed by atoms with Crippen molar-refractivity contribution < 1.29 is 0 Å². The Morgan fingerprint density at radius 1 is 1.47 bits per heavy atom. The Morgan fingerprint density at radius 2 is 2.41 bits per heavy atom. The van der Waals surface area contributed by atoms with Crippen molar-refractivity contribution in [1.82, 2.24) is 14.8 Å². The second kappa shape index (κ2) is 5.04. The summed E-state index contributed by atoms with van der Waals surface area (Å²) in [6, 6.07) is 1.37. The average molecular weight is 251 g/mol. The van der Waals surface area contributed by atoms with Gasteiger partial charge < -0.3 is 0 Å². The van der Waals surface area contributed by atoms with Gasteiger partial charge >= 0.3 is 0 Å². The van der Waals surface area contributed by atoms with Gasteiger partial charge in [-0.15, -0.1) is 11.3 Å². The number of rotatable bonds is 3. The van der Waals surface area contributed by atoms with E-state index in [1.54, 1.807) is 0 Å². The maximum atomic E-state index is 4.51. The van der Waals surface area contributed by atoms with E-state index in [9.17, 15) is 0 Å². The molecular weight excluding hydrogens is 230 g/mol. The molecule has 2 aliphatic rings. The van der Waals surface area contributed by atoms with Crippen molar-refractivity contribution in [2.24, 2.45) is 0 Å². The predicted octanol–water partition coefficient (Wildman–Crippen LogP) is 2.37. The van der Waals surface area contributed by atoms with Crippen LogP contribution in [0.5, 0.6) is 0 Å². The fraction of sp³-hybridized carbons (Fsp3) is 0.769. The lowest BCUT2D eigenvalue weighted by molar-refractivity contribution is 0.0695. The molecule has 3 rings (SSSR count). The number of fused-ring (bicyclic) bond motifs is 1. The van der Waals surface area contributed by atoms with Crippen molar-refractivity contribution in [2.75, 3.05) is 26.2 Å². The smallest absolute Gasteiger partial charge is 0.110 e. The third-order valence-corrected chi connectivity index (χ3v) is 5.06. The Morgan fingerprint density at radius 3 is 3.18 bits per heavy atom. The van der Waals surface area contributed by atoms with Crippen LogP contribution >= 0.6 is 11.3 Å². The molecule has 2 unspecified atom stereocenters. The normalized spacial score (nSPS) is 28.2. The summed E-state index contributed by atoms with van der Waals surface area (Å²) in [7, 11) is 0. The highest BCUT2D eigenvalue weighted by Crippen LogP contribution is 2.30. The van der Waals surface area contributed by atoms with Crippen LogP contribution in [0.2, 0.25) is 0 Å². The van der Waals surface area contributed by atoms with Gasteiger partial charge in [0.1, 0.15) is 5.01 Å². The Labute approximate surface area is 107 Å². The van der Waals surface area contributed by atoms with Crippen LogP contribution in [0.1, 0.15) is 37.2 Å². The van der Waals surface area contributed by atoms with E-state index in [4.69, 9.17) is 0 Å². The van der Waals surface area contributed by atoms with Crippen molar-refractivity contribution in [3.05, 3.63) is 16.6 Å². The minimum Gasteiger partial charge on any atom is -0.298 e. The number of nitrogens with zero attached hydrogens (tertiary/aromatic N) is 3. The molecule has 2 fully saturated rings. The van der Waals surface area contributed by atoms with Crippen LogP contribution in [-0.2, 0) is 0 Å². The Hall–Kier alpha value is -0.450. The molecule has 3 heterocycles. The van der Waals surface area contributed by atoms with Crippen LogP contribution in [0.25, 0.3) is 0 Å². The van der Waals surface area contributed by atoms with Crippen molar-refractivity contribution >= 4 is 11.3 Å². The summed E-state index contributed by atoms with van der Waals surface area (Å²) in [6.07, 6.45) is 5.91. The lowest BCUT2D eigenvalue weighted by Gasteiger charge is -2.40. The highest BCUT2D eigenvalue weighted by atomic mass is 32.1. The zero-order valence-electron chi connectivity index (χ0n) is 10.5. The lowest BCUT2D eigenvalue weighted by atomic mass is 10.1. The molecule has 1 aromatic heterocycles.